The average molecular weight is 368 g/mol. The third kappa shape index (κ3) is 3.02. The largest absolute Gasteiger partial charge is 0.480 e. The predicted octanol–water partition coefficient (Wildman–Crippen LogP) is 1.27. The number of carbonyl (C=O) groups excluding carboxylic acids is 1. The summed E-state index contributed by atoms with van der Waals surface area (Å²) >= 11 is 0. The van der Waals surface area contributed by atoms with Crippen LogP contribution in [0, 0.1) is 5.92 Å². The van der Waals surface area contributed by atoms with Crippen molar-refractivity contribution in [3.63, 3.8) is 0 Å². The molecule has 0 bridgehead atoms. The summed E-state index contributed by atoms with van der Waals surface area (Å²) in [7, 11) is -3.06. The summed E-state index contributed by atoms with van der Waals surface area (Å²) in [6.45, 7) is 0. The molecule has 136 valence electrons. The standard InChI is InChI=1S/C16H20N2O6S/c1-24-16(21)14-13(7-4-8-17-14)25(22,23)18-11-6-3-2-5-10(11)9-12(18)15(19)20/h4,7-8,10-12H,2-3,5-6,9H2,1H3,(H,19,20). The van der Waals surface area contributed by atoms with Crippen LogP contribution in [-0.2, 0) is 19.6 Å². The lowest BCUT2D eigenvalue weighted by Gasteiger charge is -2.32. The second kappa shape index (κ2) is 6.72. The summed E-state index contributed by atoms with van der Waals surface area (Å²) in [6, 6.07) is 1.20. The molecule has 2 fully saturated rings. The number of fused-ring (bicyclic) bond motifs is 1. The Bertz CT molecular complexity index is 794. The summed E-state index contributed by atoms with van der Waals surface area (Å²) in [5.41, 5.74) is -0.326. The molecule has 0 radical (unpaired) electrons. The van der Waals surface area contributed by atoms with Crippen molar-refractivity contribution in [2.24, 2.45) is 5.92 Å². The lowest BCUT2D eigenvalue weighted by molar-refractivity contribution is -0.141. The first-order valence-corrected chi connectivity index (χ1v) is 9.61. The van der Waals surface area contributed by atoms with Crippen molar-refractivity contribution in [2.75, 3.05) is 7.11 Å². The summed E-state index contributed by atoms with van der Waals surface area (Å²) in [5, 5.41) is 9.55. The van der Waals surface area contributed by atoms with Crippen LogP contribution in [0.4, 0.5) is 0 Å². The lowest BCUT2D eigenvalue weighted by atomic mass is 9.85. The monoisotopic (exact) mass is 368 g/mol. The maximum Gasteiger partial charge on any atom is 0.358 e. The molecule has 2 heterocycles. The topological polar surface area (TPSA) is 114 Å². The van der Waals surface area contributed by atoms with E-state index < -0.39 is 28.0 Å². The Balaban J connectivity index is 2.09. The van der Waals surface area contributed by atoms with E-state index in [9.17, 15) is 23.1 Å². The van der Waals surface area contributed by atoms with E-state index in [0.717, 1.165) is 30.7 Å². The van der Waals surface area contributed by atoms with Gasteiger partial charge in [0.15, 0.2) is 5.69 Å². The summed E-state index contributed by atoms with van der Waals surface area (Å²) in [6.07, 6.45) is 4.87. The fraction of sp³-hybridized carbons (Fsp3) is 0.562. The quantitative estimate of drug-likeness (QED) is 0.796. The summed E-state index contributed by atoms with van der Waals surface area (Å²) in [4.78, 5) is 27.1. The molecule has 0 aromatic carbocycles. The average Bonchev–Trinajstić information content (AvgIpc) is 3.01. The molecule has 0 amide bonds. The number of carbonyl (C=O) groups is 2. The molecule has 2 aliphatic rings. The molecule has 1 aromatic rings. The molecule has 8 nitrogen and oxygen atoms in total. The Morgan fingerprint density at radius 1 is 1.32 bits per heavy atom. The highest BCUT2D eigenvalue weighted by molar-refractivity contribution is 7.89. The van der Waals surface area contributed by atoms with Crippen molar-refractivity contribution < 1.29 is 27.9 Å². The van der Waals surface area contributed by atoms with Crippen molar-refractivity contribution in [1.82, 2.24) is 9.29 Å². The van der Waals surface area contributed by atoms with Gasteiger partial charge in [-0.15, -0.1) is 0 Å². The van der Waals surface area contributed by atoms with Gasteiger partial charge in [-0.1, -0.05) is 12.8 Å². The van der Waals surface area contributed by atoms with Crippen molar-refractivity contribution in [3.05, 3.63) is 24.0 Å². The van der Waals surface area contributed by atoms with Gasteiger partial charge >= 0.3 is 11.9 Å². The SMILES string of the molecule is COC(=O)c1ncccc1S(=O)(=O)N1C(C(=O)O)CC2CCCCC21. The van der Waals surface area contributed by atoms with Crippen LogP contribution in [0.3, 0.4) is 0 Å². The van der Waals surface area contributed by atoms with E-state index in [1.165, 1.54) is 18.3 Å². The molecule has 25 heavy (non-hydrogen) atoms. The number of rotatable bonds is 4. The Morgan fingerprint density at radius 3 is 2.72 bits per heavy atom. The molecule has 0 spiro atoms. The van der Waals surface area contributed by atoms with Gasteiger partial charge in [0.25, 0.3) is 0 Å². The van der Waals surface area contributed by atoms with E-state index >= 15 is 0 Å². The molecule has 1 saturated carbocycles. The molecule has 1 aromatic heterocycles. The second-order valence-corrected chi connectivity index (χ2v) is 8.19. The molecule has 1 aliphatic carbocycles. The van der Waals surface area contributed by atoms with Crippen LogP contribution in [0.2, 0.25) is 0 Å². The second-order valence-electron chi connectivity index (χ2n) is 6.38. The molecule has 3 atom stereocenters. The first-order valence-electron chi connectivity index (χ1n) is 8.17. The minimum absolute atomic E-state index is 0.0304. The van der Waals surface area contributed by atoms with Crippen LogP contribution < -0.4 is 0 Å². The van der Waals surface area contributed by atoms with Gasteiger partial charge < -0.3 is 9.84 Å². The van der Waals surface area contributed by atoms with E-state index in [-0.39, 0.29) is 22.5 Å². The van der Waals surface area contributed by atoms with Gasteiger partial charge in [-0.3, -0.25) is 4.79 Å². The van der Waals surface area contributed by atoms with Gasteiger partial charge in [-0.25, -0.2) is 18.2 Å². The lowest BCUT2D eigenvalue weighted by Crippen LogP contribution is -2.46. The smallest absolute Gasteiger partial charge is 0.358 e. The molecule has 1 N–H and O–H groups in total. The Morgan fingerprint density at radius 2 is 2.04 bits per heavy atom. The number of carboxylic acids is 1. The highest BCUT2D eigenvalue weighted by atomic mass is 32.2. The highest BCUT2D eigenvalue weighted by Gasteiger charge is 2.51. The highest BCUT2D eigenvalue weighted by Crippen LogP contribution is 2.43. The van der Waals surface area contributed by atoms with Crippen molar-refractivity contribution in [3.8, 4) is 0 Å². The molecule has 3 rings (SSSR count). The van der Waals surface area contributed by atoms with E-state index in [2.05, 4.69) is 9.72 Å². The molecule has 1 aliphatic heterocycles. The maximum absolute atomic E-state index is 13.3. The first kappa shape index (κ1) is 17.8. The predicted molar refractivity (Wildman–Crippen MR) is 86.4 cm³/mol. The zero-order valence-electron chi connectivity index (χ0n) is 13.8. The number of ether oxygens (including phenoxy) is 1. The normalized spacial score (nSPS) is 26.8. The van der Waals surface area contributed by atoms with E-state index in [4.69, 9.17) is 0 Å². The summed E-state index contributed by atoms with van der Waals surface area (Å²) < 4.78 is 32.2. The fourth-order valence-electron chi connectivity index (χ4n) is 3.94. The van der Waals surface area contributed by atoms with Crippen LogP contribution in [0.5, 0.6) is 0 Å². The van der Waals surface area contributed by atoms with E-state index in [1.807, 2.05) is 0 Å². The summed E-state index contributed by atoms with van der Waals surface area (Å²) in [5.74, 6) is -2.00. The number of aliphatic carboxylic acids is 1. The zero-order valence-corrected chi connectivity index (χ0v) is 14.6. The van der Waals surface area contributed by atoms with Gasteiger partial charge in [0.1, 0.15) is 10.9 Å². The van der Waals surface area contributed by atoms with Gasteiger partial charge in [-0.05, 0) is 37.3 Å². The first-order chi connectivity index (χ1) is 11.9. The molecule has 3 unspecified atom stereocenters. The van der Waals surface area contributed by atoms with Gasteiger partial charge in [0.05, 0.1) is 7.11 Å². The van der Waals surface area contributed by atoms with Crippen molar-refractivity contribution >= 4 is 22.0 Å². The molecular weight excluding hydrogens is 348 g/mol. The van der Waals surface area contributed by atoms with Crippen LogP contribution >= 0.6 is 0 Å². The molecule has 1 saturated heterocycles. The number of sulfonamides is 1. The Hall–Kier alpha value is -2.00. The van der Waals surface area contributed by atoms with Crippen LogP contribution in [0.1, 0.15) is 42.6 Å². The Labute approximate surface area is 145 Å². The number of carboxylic acid groups (broad SMARTS) is 1. The number of methoxy groups -OCH3 is 1. The third-order valence-electron chi connectivity index (χ3n) is 5.02. The molecule has 9 heteroatoms. The number of esters is 1. The number of hydrogen-bond donors (Lipinski definition) is 1. The maximum atomic E-state index is 13.3. The number of aromatic nitrogens is 1. The Kier molecular flexibility index (Phi) is 4.79. The van der Waals surface area contributed by atoms with Crippen LogP contribution in [0.15, 0.2) is 23.2 Å². The number of nitrogens with zero attached hydrogens (tertiary/aromatic N) is 2. The van der Waals surface area contributed by atoms with Crippen molar-refractivity contribution in [1.29, 1.82) is 0 Å². The van der Waals surface area contributed by atoms with Gasteiger partial charge in [0, 0.05) is 12.2 Å². The number of hydrogen-bond acceptors (Lipinski definition) is 6. The van der Waals surface area contributed by atoms with Gasteiger partial charge in [-0.2, -0.15) is 4.31 Å². The van der Waals surface area contributed by atoms with E-state index in [0.29, 0.717) is 12.8 Å². The fourth-order valence-corrected chi connectivity index (χ4v) is 5.94. The minimum Gasteiger partial charge on any atom is -0.480 e. The third-order valence-corrected chi connectivity index (χ3v) is 6.98. The van der Waals surface area contributed by atoms with Crippen LogP contribution in [0.25, 0.3) is 0 Å². The van der Waals surface area contributed by atoms with Crippen LogP contribution in [-0.4, -0.2) is 53.9 Å². The zero-order chi connectivity index (χ0) is 18.2. The van der Waals surface area contributed by atoms with Crippen molar-refractivity contribution in [2.45, 2.75) is 49.1 Å². The van der Waals surface area contributed by atoms with Gasteiger partial charge in [0.2, 0.25) is 10.0 Å². The minimum atomic E-state index is -4.20. The molecular formula is C16H20N2O6S. The van der Waals surface area contributed by atoms with E-state index in [1.54, 1.807) is 0 Å². The number of pyridine rings is 1.